The zero-order chi connectivity index (χ0) is 15.6. The minimum atomic E-state index is -0.898. The van der Waals surface area contributed by atoms with Crippen molar-refractivity contribution in [2.24, 2.45) is 7.05 Å². The lowest BCUT2D eigenvalue weighted by atomic mass is 9.86. The fraction of sp³-hybridized carbons (Fsp3) is 0.438. The van der Waals surface area contributed by atoms with E-state index in [0.717, 1.165) is 32.3 Å². The van der Waals surface area contributed by atoms with E-state index in [1.165, 1.54) is 0 Å². The smallest absolute Gasteiger partial charge is 0.0949 e. The van der Waals surface area contributed by atoms with Gasteiger partial charge in [-0.05, 0) is 46.5 Å². The first kappa shape index (κ1) is 16.7. The molecule has 0 saturated carbocycles. The zero-order valence-corrected chi connectivity index (χ0v) is 15.7. The molecule has 114 valence electrons. The third-order valence-electron chi connectivity index (χ3n) is 3.91. The van der Waals surface area contributed by atoms with Gasteiger partial charge in [0.2, 0.25) is 0 Å². The van der Waals surface area contributed by atoms with Gasteiger partial charge in [-0.25, -0.2) is 0 Å². The number of halogens is 2. The van der Waals surface area contributed by atoms with Crippen LogP contribution in [0, 0.1) is 0 Å². The Morgan fingerprint density at radius 1 is 1.29 bits per heavy atom. The number of hydrogen-bond acceptors (Lipinski definition) is 2. The summed E-state index contributed by atoms with van der Waals surface area (Å²) in [4.78, 5) is 0. The SMILES string of the molecule is CCc1nn(C)c(CC(O)(CC)c2cccc(Br)c2)c1Br. The van der Waals surface area contributed by atoms with Gasteiger partial charge in [-0.3, -0.25) is 4.68 Å². The highest BCUT2D eigenvalue weighted by atomic mass is 79.9. The number of aliphatic hydroxyl groups is 1. The summed E-state index contributed by atoms with van der Waals surface area (Å²) < 4.78 is 3.85. The third-order valence-corrected chi connectivity index (χ3v) is 5.32. The summed E-state index contributed by atoms with van der Waals surface area (Å²) in [5.74, 6) is 0. The van der Waals surface area contributed by atoms with Crippen molar-refractivity contribution >= 4 is 31.9 Å². The third kappa shape index (κ3) is 3.41. The summed E-state index contributed by atoms with van der Waals surface area (Å²) in [5.41, 5.74) is 2.08. The Bertz CT molecular complexity index is 639. The molecule has 1 N–H and O–H groups in total. The topological polar surface area (TPSA) is 38.0 Å². The van der Waals surface area contributed by atoms with Crippen LogP contribution in [0.5, 0.6) is 0 Å². The highest BCUT2D eigenvalue weighted by molar-refractivity contribution is 9.10. The number of rotatable bonds is 5. The van der Waals surface area contributed by atoms with Crippen LogP contribution in [0.3, 0.4) is 0 Å². The maximum Gasteiger partial charge on any atom is 0.0949 e. The van der Waals surface area contributed by atoms with Gasteiger partial charge in [0.05, 0.1) is 21.5 Å². The van der Waals surface area contributed by atoms with Gasteiger partial charge in [-0.2, -0.15) is 5.10 Å². The Kier molecular flexibility index (Phi) is 5.28. The van der Waals surface area contributed by atoms with Crippen LogP contribution >= 0.6 is 31.9 Å². The molecule has 0 aliphatic rings. The summed E-state index contributed by atoms with van der Waals surface area (Å²) in [6.07, 6.45) is 2.04. The minimum Gasteiger partial charge on any atom is -0.385 e. The number of hydrogen-bond donors (Lipinski definition) is 1. The maximum atomic E-state index is 11.1. The predicted octanol–water partition coefficient (Wildman–Crippen LogP) is 4.35. The van der Waals surface area contributed by atoms with Gasteiger partial charge in [0, 0.05) is 17.9 Å². The highest BCUT2D eigenvalue weighted by Crippen LogP contribution is 2.34. The average molecular weight is 416 g/mol. The fourth-order valence-corrected chi connectivity index (χ4v) is 3.65. The fourth-order valence-electron chi connectivity index (χ4n) is 2.50. The van der Waals surface area contributed by atoms with E-state index in [2.05, 4.69) is 43.9 Å². The minimum absolute atomic E-state index is 0.532. The average Bonchev–Trinajstić information content (AvgIpc) is 2.74. The number of aromatic nitrogens is 2. The molecule has 0 radical (unpaired) electrons. The van der Waals surface area contributed by atoms with Crippen molar-refractivity contribution in [2.75, 3.05) is 0 Å². The van der Waals surface area contributed by atoms with E-state index in [9.17, 15) is 5.11 Å². The van der Waals surface area contributed by atoms with Crippen molar-refractivity contribution in [3.8, 4) is 0 Å². The van der Waals surface area contributed by atoms with Crippen molar-refractivity contribution in [1.82, 2.24) is 9.78 Å². The van der Waals surface area contributed by atoms with Crippen LogP contribution < -0.4 is 0 Å². The van der Waals surface area contributed by atoms with E-state index >= 15 is 0 Å². The largest absolute Gasteiger partial charge is 0.385 e. The first-order valence-electron chi connectivity index (χ1n) is 7.10. The summed E-state index contributed by atoms with van der Waals surface area (Å²) in [6, 6.07) is 7.87. The summed E-state index contributed by atoms with van der Waals surface area (Å²) >= 11 is 7.10. The zero-order valence-electron chi connectivity index (χ0n) is 12.5. The van der Waals surface area contributed by atoms with Crippen LogP contribution in [0.4, 0.5) is 0 Å². The highest BCUT2D eigenvalue weighted by Gasteiger charge is 2.30. The van der Waals surface area contributed by atoms with E-state index in [4.69, 9.17) is 0 Å². The molecule has 1 heterocycles. The lowest BCUT2D eigenvalue weighted by Gasteiger charge is -2.28. The van der Waals surface area contributed by atoms with Crippen molar-refractivity contribution in [3.05, 3.63) is 50.2 Å². The van der Waals surface area contributed by atoms with Gasteiger partial charge in [-0.1, -0.05) is 41.9 Å². The van der Waals surface area contributed by atoms with Gasteiger partial charge in [0.15, 0.2) is 0 Å². The Morgan fingerprint density at radius 2 is 2.00 bits per heavy atom. The van der Waals surface area contributed by atoms with Crippen LogP contribution in [-0.4, -0.2) is 14.9 Å². The Morgan fingerprint density at radius 3 is 2.52 bits per heavy atom. The molecule has 0 fully saturated rings. The molecule has 1 aromatic heterocycles. The molecule has 2 aromatic rings. The van der Waals surface area contributed by atoms with Crippen LogP contribution in [0.15, 0.2) is 33.2 Å². The van der Waals surface area contributed by atoms with Crippen LogP contribution in [0.1, 0.15) is 37.2 Å². The predicted molar refractivity (Wildman–Crippen MR) is 92.3 cm³/mol. The number of benzene rings is 1. The molecule has 0 bridgehead atoms. The molecule has 21 heavy (non-hydrogen) atoms. The van der Waals surface area contributed by atoms with Gasteiger partial charge in [0.25, 0.3) is 0 Å². The van der Waals surface area contributed by atoms with Crippen molar-refractivity contribution in [1.29, 1.82) is 0 Å². The molecular weight excluding hydrogens is 396 g/mol. The van der Waals surface area contributed by atoms with Crippen molar-refractivity contribution < 1.29 is 5.11 Å². The van der Waals surface area contributed by atoms with Crippen LogP contribution in [0.2, 0.25) is 0 Å². The molecule has 5 heteroatoms. The summed E-state index contributed by atoms with van der Waals surface area (Å²) in [7, 11) is 1.93. The lowest BCUT2D eigenvalue weighted by molar-refractivity contribution is 0.0306. The standard InChI is InChI=1S/C16H20Br2N2O/c1-4-13-15(18)14(20(3)19-13)10-16(21,5-2)11-7-6-8-12(17)9-11/h6-9,21H,4-5,10H2,1-3H3. The molecule has 1 aromatic carbocycles. The molecule has 0 amide bonds. The quantitative estimate of drug-likeness (QED) is 0.788. The molecule has 1 atom stereocenters. The first-order valence-corrected chi connectivity index (χ1v) is 8.68. The van der Waals surface area contributed by atoms with Crippen molar-refractivity contribution in [2.45, 2.75) is 38.7 Å². The molecule has 3 nitrogen and oxygen atoms in total. The molecular formula is C16H20Br2N2O. The maximum absolute atomic E-state index is 11.1. The number of nitrogens with zero attached hydrogens (tertiary/aromatic N) is 2. The molecule has 0 spiro atoms. The van der Waals surface area contributed by atoms with E-state index in [0.29, 0.717) is 12.8 Å². The lowest BCUT2D eigenvalue weighted by Crippen LogP contribution is -2.29. The molecule has 2 rings (SSSR count). The van der Waals surface area contributed by atoms with Gasteiger partial charge >= 0.3 is 0 Å². The number of aryl methyl sites for hydroxylation is 2. The van der Waals surface area contributed by atoms with E-state index in [1.807, 2.05) is 42.9 Å². The van der Waals surface area contributed by atoms with Gasteiger partial charge in [-0.15, -0.1) is 0 Å². The van der Waals surface area contributed by atoms with Gasteiger partial charge < -0.3 is 5.11 Å². The van der Waals surface area contributed by atoms with E-state index in [-0.39, 0.29) is 0 Å². The second-order valence-corrected chi connectivity index (χ2v) is 6.97. The van der Waals surface area contributed by atoms with Crippen LogP contribution in [0.25, 0.3) is 0 Å². The van der Waals surface area contributed by atoms with Crippen LogP contribution in [-0.2, 0) is 25.5 Å². The second-order valence-electron chi connectivity index (χ2n) is 5.26. The normalized spacial score (nSPS) is 14.2. The van der Waals surface area contributed by atoms with E-state index in [1.54, 1.807) is 0 Å². The summed E-state index contributed by atoms with van der Waals surface area (Å²) in [6.45, 7) is 4.09. The molecule has 0 saturated heterocycles. The Balaban J connectivity index is 2.41. The molecule has 1 unspecified atom stereocenters. The van der Waals surface area contributed by atoms with Crippen molar-refractivity contribution in [3.63, 3.8) is 0 Å². The van der Waals surface area contributed by atoms with Gasteiger partial charge in [0.1, 0.15) is 0 Å². The van der Waals surface area contributed by atoms with E-state index < -0.39 is 5.60 Å². The molecule has 0 aliphatic heterocycles. The Hall–Kier alpha value is -0.650. The Labute approximate surface area is 142 Å². The monoisotopic (exact) mass is 414 g/mol. The first-order chi connectivity index (χ1) is 9.91. The summed E-state index contributed by atoms with van der Waals surface area (Å²) in [5, 5.41) is 15.6. The second kappa shape index (κ2) is 6.63. The molecule has 0 aliphatic carbocycles.